The first-order valence-electron chi connectivity index (χ1n) is 6.98. The summed E-state index contributed by atoms with van der Waals surface area (Å²) in [5.74, 6) is 0.380. The maximum absolute atomic E-state index is 12.0. The van der Waals surface area contributed by atoms with E-state index in [2.05, 4.69) is 5.32 Å². The summed E-state index contributed by atoms with van der Waals surface area (Å²) in [6.45, 7) is 0.594. The van der Waals surface area contributed by atoms with Crippen molar-refractivity contribution in [3.63, 3.8) is 0 Å². The van der Waals surface area contributed by atoms with Gasteiger partial charge in [0, 0.05) is 12.1 Å². The van der Waals surface area contributed by atoms with E-state index in [1.807, 2.05) is 0 Å². The van der Waals surface area contributed by atoms with Crippen LogP contribution >= 0.6 is 11.6 Å². The van der Waals surface area contributed by atoms with Crippen molar-refractivity contribution in [3.05, 3.63) is 28.8 Å². The van der Waals surface area contributed by atoms with Gasteiger partial charge in [0.05, 0.1) is 5.02 Å². The number of rotatable bonds is 5. The Balaban J connectivity index is 1.99. The summed E-state index contributed by atoms with van der Waals surface area (Å²) in [5.41, 5.74) is 0.245. The molecule has 0 spiro atoms. The van der Waals surface area contributed by atoms with Crippen LogP contribution < -0.4 is 10.5 Å². The minimum atomic E-state index is -3.94. The molecule has 7 heteroatoms. The Hall–Kier alpha value is -1.11. The van der Waals surface area contributed by atoms with Gasteiger partial charge in [-0.15, -0.1) is 0 Å². The fourth-order valence-corrected chi connectivity index (χ4v) is 3.72. The number of benzene rings is 1. The lowest BCUT2D eigenvalue weighted by Gasteiger charge is -2.10. The van der Waals surface area contributed by atoms with Crippen LogP contribution in [0.5, 0.6) is 0 Å². The van der Waals surface area contributed by atoms with Crippen molar-refractivity contribution in [2.45, 2.75) is 37.0 Å². The molecule has 1 amide bonds. The van der Waals surface area contributed by atoms with Crippen molar-refractivity contribution in [1.29, 1.82) is 0 Å². The third-order valence-corrected chi connectivity index (χ3v) is 5.21. The first kappa shape index (κ1) is 16.3. The number of halogens is 1. The summed E-state index contributed by atoms with van der Waals surface area (Å²) in [6.07, 6.45) is 5.96. The second kappa shape index (κ2) is 6.77. The first-order valence-corrected chi connectivity index (χ1v) is 8.91. The Morgan fingerprint density at radius 1 is 1.33 bits per heavy atom. The van der Waals surface area contributed by atoms with E-state index < -0.39 is 10.0 Å². The SMILES string of the molecule is NS(=O)(=O)c1cc(C(=O)NCCC2CCCC2)ccc1Cl. The van der Waals surface area contributed by atoms with E-state index >= 15 is 0 Å². The molecule has 1 aromatic carbocycles. The highest BCUT2D eigenvalue weighted by atomic mass is 35.5. The molecular weight excluding hydrogens is 312 g/mol. The molecule has 0 saturated heterocycles. The Morgan fingerprint density at radius 2 is 2.00 bits per heavy atom. The zero-order valence-electron chi connectivity index (χ0n) is 11.6. The van der Waals surface area contributed by atoms with Crippen LogP contribution in [0.15, 0.2) is 23.1 Å². The standard InChI is InChI=1S/C14H19ClN2O3S/c15-12-6-5-11(9-13(12)21(16,19)20)14(18)17-8-7-10-3-1-2-4-10/h5-6,9-10H,1-4,7-8H2,(H,17,18)(H2,16,19,20). The number of nitrogens with one attached hydrogen (secondary N) is 1. The minimum Gasteiger partial charge on any atom is -0.352 e. The molecule has 21 heavy (non-hydrogen) atoms. The summed E-state index contributed by atoms with van der Waals surface area (Å²) in [6, 6.07) is 4.07. The number of sulfonamides is 1. The second-order valence-corrected chi connectivity index (χ2v) is 7.32. The van der Waals surface area contributed by atoms with Gasteiger partial charge in [-0.05, 0) is 30.5 Å². The van der Waals surface area contributed by atoms with E-state index in [9.17, 15) is 13.2 Å². The van der Waals surface area contributed by atoms with Crippen LogP contribution in [-0.2, 0) is 10.0 Å². The third-order valence-electron chi connectivity index (χ3n) is 3.81. The van der Waals surface area contributed by atoms with E-state index in [0.717, 1.165) is 6.42 Å². The van der Waals surface area contributed by atoms with Gasteiger partial charge in [-0.1, -0.05) is 37.3 Å². The molecule has 2 rings (SSSR count). The maximum atomic E-state index is 12.0. The van der Waals surface area contributed by atoms with E-state index in [1.54, 1.807) is 0 Å². The van der Waals surface area contributed by atoms with Crippen molar-refractivity contribution in [2.24, 2.45) is 11.1 Å². The lowest BCUT2D eigenvalue weighted by molar-refractivity contribution is 0.0951. The molecule has 116 valence electrons. The van der Waals surface area contributed by atoms with Crippen molar-refractivity contribution >= 4 is 27.5 Å². The largest absolute Gasteiger partial charge is 0.352 e. The number of amides is 1. The molecular formula is C14H19ClN2O3S. The predicted molar refractivity (Wildman–Crippen MR) is 81.7 cm³/mol. The van der Waals surface area contributed by atoms with E-state index in [-0.39, 0.29) is 21.4 Å². The van der Waals surface area contributed by atoms with Crippen LogP contribution in [0, 0.1) is 5.92 Å². The Kier molecular flexibility index (Phi) is 5.24. The quantitative estimate of drug-likeness (QED) is 0.868. The van der Waals surface area contributed by atoms with Crippen molar-refractivity contribution in [2.75, 3.05) is 6.54 Å². The monoisotopic (exact) mass is 330 g/mol. The summed E-state index contributed by atoms with van der Waals surface area (Å²) < 4.78 is 22.8. The van der Waals surface area contributed by atoms with Gasteiger partial charge in [0.25, 0.3) is 5.91 Å². The van der Waals surface area contributed by atoms with E-state index in [1.165, 1.54) is 43.9 Å². The Morgan fingerprint density at radius 3 is 2.62 bits per heavy atom. The Bertz CT molecular complexity index is 625. The zero-order chi connectivity index (χ0) is 15.5. The number of primary sulfonamides is 1. The number of carbonyl (C=O) groups excluding carboxylic acids is 1. The molecule has 0 unspecified atom stereocenters. The van der Waals surface area contributed by atoms with Crippen molar-refractivity contribution < 1.29 is 13.2 Å². The number of hydrogen-bond donors (Lipinski definition) is 2. The highest BCUT2D eigenvalue weighted by Crippen LogP contribution is 2.27. The van der Waals surface area contributed by atoms with Crippen molar-refractivity contribution in [1.82, 2.24) is 5.32 Å². The van der Waals surface area contributed by atoms with Gasteiger partial charge in [0.15, 0.2) is 0 Å². The van der Waals surface area contributed by atoms with Gasteiger partial charge in [-0.3, -0.25) is 4.79 Å². The molecule has 5 nitrogen and oxygen atoms in total. The molecule has 0 radical (unpaired) electrons. The van der Waals surface area contributed by atoms with Gasteiger partial charge in [-0.2, -0.15) is 0 Å². The molecule has 1 aliphatic carbocycles. The smallest absolute Gasteiger partial charge is 0.251 e. The molecule has 0 aromatic heterocycles. The van der Waals surface area contributed by atoms with Gasteiger partial charge in [0.1, 0.15) is 4.90 Å². The molecule has 1 aliphatic rings. The number of carbonyl (C=O) groups is 1. The van der Waals surface area contributed by atoms with E-state index in [4.69, 9.17) is 16.7 Å². The van der Waals surface area contributed by atoms with Gasteiger partial charge < -0.3 is 5.32 Å². The number of nitrogens with two attached hydrogens (primary N) is 1. The lowest BCUT2D eigenvalue weighted by atomic mass is 10.0. The van der Waals surface area contributed by atoms with Gasteiger partial charge in [0.2, 0.25) is 10.0 Å². The van der Waals surface area contributed by atoms with Crippen molar-refractivity contribution in [3.8, 4) is 0 Å². The van der Waals surface area contributed by atoms with Crippen LogP contribution in [0.3, 0.4) is 0 Å². The molecule has 0 aliphatic heterocycles. The van der Waals surface area contributed by atoms with Crippen LogP contribution in [-0.4, -0.2) is 20.9 Å². The summed E-state index contributed by atoms with van der Waals surface area (Å²) in [7, 11) is -3.94. The minimum absolute atomic E-state index is 0.0139. The third kappa shape index (κ3) is 4.43. The maximum Gasteiger partial charge on any atom is 0.251 e. The van der Waals surface area contributed by atoms with Crippen LogP contribution in [0.2, 0.25) is 5.02 Å². The molecule has 1 saturated carbocycles. The molecule has 1 fully saturated rings. The number of hydrogen-bond acceptors (Lipinski definition) is 3. The summed E-state index contributed by atoms with van der Waals surface area (Å²) in [4.78, 5) is 11.8. The summed E-state index contributed by atoms with van der Waals surface area (Å²) in [5, 5.41) is 7.89. The normalized spacial score (nSPS) is 16.1. The molecule has 0 atom stereocenters. The fourth-order valence-electron chi connectivity index (χ4n) is 2.65. The van der Waals surface area contributed by atoms with Crippen LogP contribution in [0.1, 0.15) is 42.5 Å². The first-order chi connectivity index (χ1) is 9.88. The molecule has 1 aromatic rings. The molecule has 0 bridgehead atoms. The van der Waals surface area contributed by atoms with Gasteiger partial charge >= 0.3 is 0 Å². The van der Waals surface area contributed by atoms with E-state index in [0.29, 0.717) is 12.5 Å². The Labute approximate surface area is 129 Å². The molecule has 0 heterocycles. The lowest BCUT2D eigenvalue weighted by Crippen LogP contribution is -2.26. The summed E-state index contributed by atoms with van der Waals surface area (Å²) >= 11 is 5.79. The average molecular weight is 331 g/mol. The van der Waals surface area contributed by atoms with Crippen LogP contribution in [0.25, 0.3) is 0 Å². The molecule has 3 N–H and O–H groups in total. The topological polar surface area (TPSA) is 89.3 Å². The highest BCUT2D eigenvalue weighted by molar-refractivity contribution is 7.89. The van der Waals surface area contributed by atoms with Crippen LogP contribution in [0.4, 0.5) is 0 Å². The fraction of sp³-hybridized carbons (Fsp3) is 0.500. The zero-order valence-corrected chi connectivity index (χ0v) is 13.2. The highest BCUT2D eigenvalue weighted by Gasteiger charge is 2.17. The van der Waals surface area contributed by atoms with Gasteiger partial charge in [-0.25, -0.2) is 13.6 Å². The average Bonchev–Trinajstić information content (AvgIpc) is 2.91. The second-order valence-electron chi connectivity index (χ2n) is 5.39. The predicted octanol–water partition coefficient (Wildman–Crippen LogP) is 2.30.